The van der Waals surface area contributed by atoms with Gasteiger partial charge < -0.3 is 19.7 Å². The van der Waals surface area contributed by atoms with E-state index in [1.165, 1.54) is 18.3 Å². The summed E-state index contributed by atoms with van der Waals surface area (Å²) in [4.78, 5) is 11.8. The lowest BCUT2D eigenvalue weighted by molar-refractivity contribution is -0.123. The molecule has 7 nitrogen and oxygen atoms in total. The van der Waals surface area contributed by atoms with Gasteiger partial charge in [-0.15, -0.1) is 0 Å². The van der Waals surface area contributed by atoms with E-state index in [-0.39, 0.29) is 18.1 Å². The summed E-state index contributed by atoms with van der Waals surface area (Å²) in [5, 5.41) is 22.9. The summed E-state index contributed by atoms with van der Waals surface area (Å²) in [5.41, 5.74) is 3.34. The average molecular weight is 344 g/mol. The third kappa shape index (κ3) is 5.13. The van der Waals surface area contributed by atoms with Gasteiger partial charge in [0, 0.05) is 11.6 Å². The number of carbonyl (C=O) groups is 1. The van der Waals surface area contributed by atoms with Crippen LogP contribution in [0.1, 0.15) is 18.1 Å². The van der Waals surface area contributed by atoms with E-state index in [2.05, 4.69) is 10.5 Å². The van der Waals surface area contributed by atoms with E-state index in [1.54, 1.807) is 25.1 Å². The summed E-state index contributed by atoms with van der Waals surface area (Å²) < 4.78 is 10.8. The normalized spacial score (nSPS) is 10.6. The quantitative estimate of drug-likeness (QED) is 0.529. The van der Waals surface area contributed by atoms with Crippen LogP contribution in [0.3, 0.4) is 0 Å². The first-order valence-corrected chi connectivity index (χ1v) is 7.70. The molecule has 25 heavy (non-hydrogen) atoms. The third-order valence-corrected chi connectivity index (χ3v) is 3.24. The molecule has 1 amide bonds. The van der Waals surface area contributed by atoms with Crippen molar-refractivity contribution in [1.29, 1.82) is 0 Å². The molecule has 0 fully saturated rings. The van der Waals surface area contributed by atoms with E-state index < -0.39 is 5.91 Å². The first-order chi connectivity index (χ1) is 12.0. The molecule has 0 bridgehead atoms. The molecule has 7 heteroatoms. The molecule has 0 aliphatic rings. The van der Waals surface area contributed by atoms with Crippen LogP contribution in [0, 0.1) is 6.92 Å². The maximum absolute atomic E-state index is 11.8. The molecule has 3 N–H and O–H groups in total. The third-order valence-electron chi connectivity index (χ3n) is 3.24. The number of para-hydroxylation sites is 2. The second kappa shape index (κ2) is 8.58. The van der Waals surface area contributed by atoms with Crippen molar-refractivity contribution in [3.63, 3.8) is 0 Å². The SMILES string of the molecule is CCOc1ccccc1OCC(=O)N/N=C/c1c(C)cc(O)cc1O. The summed E-state index contributed by atoms with van der Waals surface area (Å²) >= 11 is 0. The lowest BCUT2D eigenvalue weighted by Gasteiger charge is -2.10. The van der Waals surface area contributed by atoms with Crippen molar-refractivity contribution in [2.45, 2.75) is 13.8 Å². The molecule has 132 valence electrons. The fourth-order valence-corrected chi connectivity index (χ4v) is 2.12. The lowest BCUT2D eigenvalue weighted by atomic mass is 10.1. The number of hydrogen-bond donors (Lipinski definition) is 3. The highest BCUT2D eigenvalue weighted by molar-refractivity contribution is 5.87. The van der Waals surface area contributed by atoms with Crippen molar-refractivity contribution in [1.82, 2.24) is 5.43 Å². The number of phenolic OH excluding ortho intramolecular Hbond substituents is 2. The summed E-state index contributed by atoms with van der Waals surface area (Å²) in [7, 11) is 0. The van der Waals surface area contributed by atoms with E-state index in [4.69, 9.17) is 9.47 Å². The number of benzene rings is 2. The Balaban J connectivity index is 1.91. The van der Waals surface area contributed by atoms with E-state index in [0.29, 0.717) is 29.2 Å². The molecule has 0 atom stereocenters. The molecule has 0 aromatic heterocycles. The second-order valence-corrected chi connectivity index (χ2v) is 5.16. The van der Waals surface area contributed by atoms with Crippen molar-refractivity contribution in [2.75, 3.05) is 13.2 Å². The maximum atomic E-state index is 11.8. The van der Waals surface area contributed by atoms with Crippen LogP contribution in [0.2, 0.25) is 0 Å². The molecule has 2 aromatic rings. The number of amides is 1. The molecule has 2 aromatic carbocycles. The summed E-state index contributed by atoms with van der Waals surface area (Å²) in [6, 6.07) is 9.74. The molecule has 2 rings (SSSR count). The second-order valence-electron chi connectivity index (χ2n) is 5.16. The number of rotatable bonds is 7. The number of ether oxygens (including phenoxy) is 2. The van der Waals surface area contributed by atoms with Crippen molar-refractivity contribution >= 4 is 12.1 Å². The Labute approximate surface area is 145 Å². The Morgan fingerprint density at radius 3 is 2.52 bits per heavy atom. The number of phenols is 2. The number of nitrogens with zero attached hydrogens (tertiary/aromatic N) is 1. The summed E-state index contributed by atoms with van der Waals surface area (Å²) in [6.45, 7) is 3.82. The van der Waals surface area contributed by atoms with Gasteiger partial charge in [0.25, 0.3) is 5.91 Å². The largest absolute Gasteiger partial charge is 0.508 e. The maximum Gasteiger partial charge on any atom is 0.277 e. The van der Waals surface area contributed by atoms with Gasteiger partial charge in [-0.2, -0.15) is 5.10 Å². The van der Waals surface area contributed by atoms with Crippen molar-refractivity contribution < 1.29 is 24.5 Å². The van der Waals surface area contributed by atoms with Gasteiger partial charge in [-0.3, -0.25) is 4.79 Å². The summed E-state index contributed by atoms with van der Waals surface area (Å²) in [5.74, 6) is 0.398. The first kappa shape index (κ1) is 18.1. The number of nitrogens with one attached hydrogen (secondary N) is 1. The Bertz CT molecular complexity index is 751. The van der Waals surface area contributed by atoms with Gasteiger partial charge in [0.1, 0.15) is 11.5 Å². The molecule has 0 aliphatic heterocycles. The van der Waals surface area contributed by atoms with Crippen LogP contribution in [0.4, 0.5) is 0 Å². The number of aryl methyl sites for hydroxylation is 1. The molecular weight excluding hydrogens is 324 g/mol. The minimum atomic E-state index is -0.460. The minimum absolute atomic E-state index is 0.0439. The molecule has 0 aliphatic carbocycles. The van der Waals surface area contributed by atoms with E-state index in [0.717, 1.165) is 0 Å². The molecule has 0 radical (unpaired) electrons. The average Bonchev–Trinajstić information content (AvgIpc) is 2.56. The van der Waals surface area contributed by atoms with Crippen molar-refractivity contribution in [2.24, 2.45) is 5.10 Å². The number of aromatic hydroxyl groups is 2. The molecular formula is C18H20N2O5. The molecule has 0 saturated heterocycles. The predicted octanol–water partition coefficient (Wildman–Crippen LogP) is 2.33. The zero-order chi connectivity index (χ0) is 18.2. The predicted molar refractivity (Wildman–Crippen MR) is 93.4 cm³/mol. The van der Waals surface area contributed by atoms with Crippen LogP contribution in [-0.2, 0) is 4.79 Å². The fourth-order valence-electron chi connectivity index (χ4n) is 2.12. The van der Waals surface area contributed by atoms with Gasteiger partial charge in [0.2, 0.25) is 0 Å². The van der Waals surface area contributed by atoms with Gasteiger partial charge >= 0.3 is 0 Å². The topological polar surface area (TPSA) is 100 Å². The number of hydrogen-bond acceptors (Lipinski definition) is 6. The zero-order valence-corrected chi connectivity index (χ0v) is 14.0. The van der Waals surface area contributed by atoms with Gasteiger partial charge in [-0.25, -0.2) is 5.43 Å². The smallest absolute Gasteiger partial charge is 0.277 e. The number of hydrazone groups is 1. The van der Waals surface area contributed by atoms with Gasteiger partial charge in [-0.05, 0) is 37.6 Å². The number of carbonyl (C=O) groups excluding carboxylic acids is 1. The fraction of sp³-hybridized carbons (Fsp3) is 0.222. The van der Waals surface area contributed by atoms with Crippen molar-refractivity contribution in [3.8, 4) is 23.0 Å². The van der Waals surface area contributed by atoms with Gasteiger partial charge in [0.15, 0.2) is 18.1 Å². The Morgan fingerprint density at radius 1 is 1.20 bits per heavy atom. The molecule has 0 unspecified atom stereocenters. The molecule has 0 spiro atoms. The Kier molecular flexibility index (Phi) is 6.22. The zero-order valence-electron chi connectivity index (χ0n) is 14.0. The summed E-state index contributed by atoms with van der Waals surface area (Å²) in [6.07, 6.45) is 1.30. The van der Waals surface area contributed by atoms with Crippen LogP contribution < -0.4 is 14.9 Å². The van der Waals surface area contributed by atoms with E-state index in [9.17, 15) is 15.0 Å². The van der Waals surface area contributed by atoms with Crippen molar-refractivity contribution in [3.05, 3.63) is 47.5 Å². The Hall–Kier alpha value is -3.22. The molecule has 0 saturated carbocycles. The van der Waals surface area contributed by atoms with Crippen LogP contribution >= 0.6 is 0 Å². The highest BCUT2D eigenvalue weighted by Crippen LogP contribution is 2.26. The highest BCUT2D eigenvalue weighted by Gasteiger charge is 2.08. The minimum Gasteiger partial charge on any atom is -0.508 e. The Morgan fingerprint density at radius 2 is 1.88 bits per heavy atom. The highest BCUT2D eigenvalue weighted by atomic mass is 16.5. The van der Waals surface area contributed by atoms with E-state index >= 15 is 0 Å². The van der Waals surface area contributed by atoms with Crippen LogP contribution in [0.15, 0.2) is 41.5 Å². The van der Waals surface area contributed by atoms with Crippen LogP contribution in [0.25, 0.3) is 0 Å². The van der Waals surface area contributed by atoms with Crippen LogP contribution in [-0.4, -0.2) is 35.5 Å². The monoisotopic (exact) mass is 344 g/mol. The lowest BCUT2D eigenvalue weighted by Crippen LogP contribution is -2.24. The first-order valence-electron chi connectivity index (χ1n) is 7.70. The standard InChI is InChI=1S/C18H20N2O5/c1-3-24-16-6-4-5-7-17(16)25-11-18(23)20-19-10-14-12(2)8-13(21)9-15(14)22/h4-10,21-22H,3,11H2,1-2H3,(H,20,23)/b19-10+. The van der Waals surface area contributed by atoms with Crippen LogP contribution in [0.5, 0.6) is 23.0 Å². The van der Waals surface area contributed by atoms with Gasteiger partial charge in [-0.1, -0.05) is 12.1 Å². The van der Waals surface area contributed by atoms with E-state index in [1.807, 2.05) is 13.0 Å². The molecule has 0 heterocycles. The van der Waals surface area contributed by atoms with Gasteiger partial charge in [0.05, 0.1) is 12.8 Å².